The molecule has 2 aromatic carbocycles. The van der Waals surface area contributed by atoms with Gasteiger partial charge in [0.25, 0.3) is 5.56 Å². The average Bonchev–Trinajstić information content (AvgIpc) is 2.31. The van der Waals surface area contributed by atoms with E-state index in [1.54, 1.807) is 12.1 Å². The summed E-state index contributed by atoms with van der Waals surface area (Å²) in [5.41, 5.74) is 0.0285. The normalized spacial score (nSPS) is 11.2. The lowest BCUT2D eigenvalue weighted by atomic mass is 10.1. The van der Waals surface area contributed by atoms with Crippen molar-refractivity contribution in [1.29, 1.82) is 0 Å². The van der Waals surface area contributed by atoms with Crippen molar-refractivity contribution in [2.75, 3.05) is 0 Å². The van der Waals surface area contributed by atoms with E-state index in [-0.39, 0.29) is 21.9 Å². The van der Waals surface area contributed by atoms with Crippen LogP contribution in [-0.4, -0.2) is 15.2 Å². The molecule has 5 heteroatoms. The maximum atomic E-state index is 11.9. The third kappa shape index (κ3) is 1.43. The number of rotatable bonds is 0. The molecule has 0 saturated carbocycles. The van der Waals surface area contributed by atoms with Gasteiger partial charge in [-0.3, -0.25) is 4.79 Å². The van der Waals surface area contributed by atoms with Gasteiger partial charge >= 0.3 is 0 Å². The summed E-state index contributed by atoms with van der Waals surface area (Å²) in [6.45, 7) is 0. The fourth-order valence-electron chi connectivity index (χ4n) is 2.11. The van der Waals surface area contributed by atoms with Crippen molar-refractivity contribution in [2.45, 2.75) is 0 Å². The maximum Gasteiger partial charge on any atom is 0.260 e. The Hall–Kier alpha value is -2.20. The third-order valence-corrected chi connectivity index (χ3v) is 3.17. The van der Waals surface area contributed by atoms with Crippen molar-refractivity contribution < 1.29 is 10.2 Å². The number of fused-ring (bicyclic) bond motifs is 3. The highest BCUT2D eigenvalue weighted by molar-refractivity contribution is 6.36. The summed E-state index contributed by atoms with van der Waals surface area (Å²) in [6, 6.07) is 7.62. The van der Waals surface area contributed by atoms with Gasteiger partial charge in [0.05, 0.1) is 15.9 Å². The Bertz CT molecular complexity index is 839. The standard InChI is InChI=1S/C13H8ClNO3/c14-9-5-6(16)4-8-7-2-1-3-10(17)11(7)13(18)15-12(8)9/h1-5,16-17H,(H,15,18). The molecule has 0 bridgehead atoms. The molecule has 0 aliphatic rings. The lowest BCUT2D eigenvalue weighted by Crippen LogP contribution is -2.06. The van der Waals surface area contributed by atoms with Crippen LogP contribution in [0.25, 0.3) is 21.7 Å². The number of benzene rings is 2. The molecule has 4 nitrogen and oxygen atoms in total. The summed E-state index contributed by atoms with van der Waals surface area (Å²) in [5.74, 6) is -0.0979. The molecule has 0 aliphatic carbocycles. The molecular formula is C13H8ClNO3. The van der Waals surface area contributed by atoms with E-state index in [1.165, 1.54) is 18.2 Å². The summed E-state index contributed by atoms with van der Waals surface area (Å²) >= 11 is 5.98. The van der Waals surface area contributed by atoms with Gasteiger partial charge in [0.2, 0.25) is 0 Å². The van der Waals surface area contributed by atoms with Gasteiger partial charge < -0.3 is 15.2 Å². The van der Waals surface area contributed by atoms with E-state index in [1.807, 2.05) is 0 Å². The number of hydrogen-bond acceptors (Lipinski definition) is 3. The van der Waals surface area contributed by atoms with E-state index >= 15 is 0 Å². The van der Waals surface area contributed by atoms with E-state index in [0.29, 0.717) is 16.3 Å². The number of aromatic nitrogens is 1. The van der Waals surface area contributed by atoms with Crippen LogP contribution in [0.3, 0.4) is 0 Å². The van der Waals surface area contributed by atoms with Crippen LogP contribution in [0.2, 0.25) is 5.02 Å². The zero-order chi connectivity index (χ0) is 12.9. The largest absolute Gasteiger partial charge is 0.508 e. The lowest BCUT2D eigenvalue weighted by Gasteiger charge is -2.07. The van der Waals surface area contributed by atoms with Crippen molar-refractivity contribution in [3.63, 3.8) is 0 Å². The first-order valence-corrected chi connectivity index (χ1v) is 5.62. The highest BCUT2D eigenvalue weighted by Crippen LogP contribution is 2.32. The summed E-state index contributed by atoms with van der Waals surface area (Å²) < 4.78 is 0. The van der Waals surface area contributed by atoms with Gasteiger partial charge in [-0.15, -0.1) is 0 Å². The Morgan fingerprint density at radius 3 is 2.67 bits per heavy atom. The molecular weight excluding hydrogens is 254 g/mol. The van der Waals surface area contributed by atoms with Gasteiger partial charge in [0.15, 0.2) is 0 Å². The number of nitrogens with one attached hydrogen (secondary N) is 1. The first kappa shape index (κ1) is 10.9. The van der Waals surface area contributed by atoms with Gasteiger partial charge in [0.1, 0.15) is 11.5 Å². The first-order chi connectivity index (χ1) is 8.58. The molecule has 1 aromatic heterocycles. The number of pyridine rings is 1. The highest BCUT2D eigenvalue weighted by atomic mass is 35.5. The van der Waals surface area contributed by atoms with Crippen molar-refractivity contribution >= 4 is 33.3 Å². The van der Waals surface area contributed by atoms with E-state index < -0.39 is 5.56 Å². The smallest absolute Gasteiger partial charge is 0.260 e. The van der Waals surface area contributed by atoms with Crippen LogP contribution in [0.1, 0.15) is 0 Å². The van der Waals surface area contributed by atoms with Gasteiger partial charge in [-0.1, -0.05) is 23.7 Å². The summed E-state index contributed by atoms with van der Waals surface area (Å²) in [5, 5.41) is 20.9. The molecule has 3 rings (SSSR count). The average molecular weight is 262 g/mol. The van der Waals surface area contributed by atoms with E-state index in [4.69, 9.17) is 11.6 Å². The molecule has 0 fully saturated rings. The van der Waals surface area contributed by atoms with Crippen LogP contribution >= 0.6 is 11.6 Å². The molecule has 1 heterocycles. The number of hydrogen-bond donors (Lipinski definition) is 3. The first-order valence-electron chi connectivity index (χ1n) is 5.24. The molecule has 0 saturated heterocycles. The quantitative estimate of drug-likeness (QED) is 0.545. The van der Waals surface area contributed by atoms with Gasteiger partial charge in [-0.05, 0) is 12.1 Å². The second kappa shape index (κ2) is 3.65. The molecule has 0 spiro atoms. The molecule has 0 unspecified atom stereocenters. The second-order valence-electron chi connectivity index (χ2n) is 4.00. The van der Waals surface area contributed by atoms with Gasteiger partial charge in [-0.2, -0.15) is 0 Å². The third-order valence-electron chi connectivity index (χ3n) is 2.87. The summed E-state index contributed by atoms with van der Waals surface area (Å²) in [4.78, 5) is 14.5. The van der Waals surface area contributed by atoms with Crippen LogP contribution < -0.4 is 5.56 Å². The highest BCUT2D eigenvalue weighted by Gasteiger charge is 2.11. The summed E-state index contributed by atoms with van der Waals surface area (Å²) in [6.07, 6.45) is 0. The molecule has 90 valence electrons. The van der Waals surface area contributed by atoms with Crippen LogP contribution in [0.5, 0.6) is 11.5 Å². The summed E-state index contributed by atoms with van der Waals surface area (Å²) in [7, 11) is 0. The van der Waals surface area contributed by atoms with Crippen molar-refractivity contribution in [2.24, 2.45) is 0 Å². The zero-order valence-electron chi connectivity index (χ0n) is 9.07. The second-order valence-corrected chi connectivity index (χ2v) is 4.41. The molecule has 0 radical (unpaired) electrons. The van der Waals surface area contributed by atoms with E-state index in [0.717, 1.165) is 0 Å². The zero-order valence-corrected chi connectivity index (χ0v) is 9.82. The predicted octanol–water partition coefficient (Wildman–Crippen LogP) is 2.75. The minimum Gasteiger partial charge on any atom is -0.508 e. The molecule has 18 heavy (non-hydrogen) atoms. The van der Waals surface area contributed by atoms with Crippen LogP contribution in [0.4, 0.5) is 0 Å². The molecule has 0 atom stereocenters. The molecule has 0 amide bonds. The van der Waals surface area contributed by atoms with E-state index in [9.17, 15) is 15.0 Å². The van der Waals surface area contributed by atoms with Crippen molar-refractivity contribution in [3.05, 3.63) is 45.7 Å². The van der Waals surface area contributed by atoms with Crippen LogP contribution in [0, 0.1) is 0 Å². The predicted molar refractivity (Wildman–Crippen MR) is 70.4 cm³/mol. The number of H-pyrrole nitrogens is 1. The van der Waals surface area contributed by atoms with Gasteiger partial charge in [-0.25, -0.2) is 0 Å². The molecule has 3 aromatic rings. The lowest BCUT2D eigenvalue weighted by molar-refractivity contribution is 0.476. The number of phenols is 2. The number of phenolic OH excluding ortho intramolecular Hbond substituents is 2. The topological polar surface area (TPSA) is 73.3 Å². The number of aromatic hydroxyl groups is 2. The SMILES string of the molecule is O=c1[nH]c2c(Cl)cc(O)cc2c2cccc(O)c12. The van der Waals surface area contributed by atoms with Crippen LogP contribution in [0.15, 0.2) is 35.1 Å². The van der Waals surface area contributed by atoms with Crippen molar-refractivity contribution in [3.8, 4) is 11.5 Å². The monoisotopic (exact) mass is 261 g/mol. The van der Waals surface area contributed by atoms with E-state index in [2.05, 4.69) is 4.98 Å². The fraction of sp³-hybridized carbons (Fsp3) is 0. The Labute approximate surface area is 106 Å². The van der Waals surface area contributed by atoms with Gasteiger partial charge in [0, 0.05) is 16.8 Å². The number of aromatic amines is 1. The minimum atomic E-state index is -0.414. The number of halogens is 1. The Morgan fingerprint density at radius 2 is 1.89 bits per heavy atom. The van der Waals surface area contributed by atoms with Crippen molar-refractivity contribution in [1.82, 2.24) is 4.98 Å². The molecule has 0 aliphatic heterocycles. The maximum absolute atomic E-state index is 11.9. The molecule has 3 N–H and O–H groups in total. The Balaban J connectivity index is 2.70. The Morgan fingerprint density at radius 1 is 1.11 bits per heavy atom. The van der Waals surface area contributed by atoms with Crippen LogP contribution in [-0.2, 0) is 0 Å². The Kier molecular flexibility index (Phi) is 2.21. The minimum absolute atomic E-state index is 0.00388. The fourth-order valence-corrected chi connectivity index (χ4v) is 2.37.